The van der Waals surface area contributed by atoms with Crippen LogP contribution in [0, 0.1) is 6.92 Å². The van der Waals surface area contributed by atoms with E-state index in [0.717, 1.165) is 9.37 Å². The van der Waals surface area contributed by atoms with Crippen molar-refractivity contribution in [1.82, 2.24) is 9.97 Å². The van der Waals surface area contributed by atoms with E-state index in [1.807, 2.05) is 24.3 Å². The average molecular weight is 367 g/mol. The zero-order valence-corrected chi connectivity index (χ0v) is 14.2. The molecule has 0 saturated heterocycles. The number of nitrogens with zero attached hydrogens (tertiary/aromatic N) is 2. The summed E-state index contributed by atoms with van der Waals surface area (Å²) >= 11 is 5.09. The summed E-state index contributed by atoms with van der Waals surface area (Å²) in [5, 5.41) is 0. The number of benzene rings is 1. The fraction of sp³-hybridized carbons (Fsp3) is 0.267. The lowest BCUT2D eigenvalue weighted by Gasteiger charge is -2.06. The number of hydrogen-bond acceptors (Lipinski definition) is 5. The van der Waals surface area contributed by atoms with Gasteiger partial charge in [-0.05, 0) is 32.0 Å². The van der Waals surface area contributed by atoms with Crippen molar-refractivity contribution in [3.63, 3.8) is 0 Å². The van der Waals surface area contributed by atoms with E-state index in [4.69, 9.17) is 4.74 Å². The summed E-state index contributed by atoms with van der Waals surface area (Å²) in [6, 6.07) is 8.06. The molecule has 21 heavy (non-hydrogen) atoms. The molecule has 0 radical (unpaired) electrons. The normalized spacial score (nSPS) is 10.4. The van der Waals surface area contributed by atoms with E-state index < -0.39 is 0 Å². The van der Waals surface area contributed by atoms with Crippen molar-refractivity contribution in [1.29, 1.82) is 0 Å². The third-order valence-electron chi connectivity index (χ3n) is 2.69. The molecule has 0 N–H and O–H groups in total. The molecule has 0 bridgehead atoms. The lowest BCUT2D eigenvalue weighted by atomic mass is 10.2. The van der Waals surface area contributed by atoms with Gasteiger partial charge >= 0.3 is 5.97 Å². The molecule has 0 aliphatic rings. The predicted octanol–water partition coefficient (Wildman–Crippen LogP) is 4.02. The van der Waals surface area contributed by atoms with Crippen LogP contribution in [0.5, 0.6) is 0 Å². The monoisotopic (exact) mass is 366 g/mol. The van der Waals surface area contributed by atoms with Crippen molar-refractivity contribution in [3.05, 3.63) is 52.0 Å². The van der Waals surface area contributed by atoms with Crippen molar-refractivity contribution < 1.29 is 9.53 Å². The Balaban J connectivity index is 2.05. The molecule has 1 aromatic heterocycles. The van der Waals surface area contributed by atoms with Gasteiger partial charge in [0, 0.05) is 15.6 Å². The SMILES string of the molecule is CCOC(=O)c1cnc(CSc2cccc(Br)c2)nc1C. The van der Waals surface area contributed by atoms with Crippen LogP contribution in [0.3, 0.4) is 0 Å². The molecule has 4 nitrogen and oxygen atoms in total. The topological polar surface area (TPSA) is 52.1 Å². The van der Waals surface area contributed by atoms with Crippen LogP contribution >= 0.6 is 27.7 Å². The summed E-state index contributed by atoms with van der Waals surface area (Å²) in [5.41, 5.74) is 1.07. The van der Waals surface area contributed by atoms with Gasteiger partial charge in [-0.3, -0.25) is 0 Å². The first-order valence-corrected chi connectivity index (χ1v) is 8.26. The van der Waals surface area contributed by atoms with Crippen LogP contribution in [0.2, 0.25) is 0 Å². The van der Waals surface area contributed by atoms with Gasteiger partial charge in [-0.15, -0.1) is 11.8 Å². The molecule has 0 unspecified atom stereocenters. The van der Waals surface area contributed by atoms with Crippen LogP contribution in [0.4, 0.5) is 0 Å². The molecule has 1 aromatic carbocycles. The lowest BCUT2D eigenvalue weighted by Crippen LogP contribution is -2.10. The minimum Gasteiger partial charge on any atom is -0.462 e. The van der Waals surface area contributed by atoms with Gasteiger partial charge in [-0.25, -0.2) is 14.8 Å². The van der Waals surface area contributed by atoms with E-state index in [-0.39, 0.29) is 5.97 Å². The molecule has 0 aliphatic carbocycles. The van der Waals surface area contributed by atoms with E-state index in [9.17, 15) is 4.79 Å². The van der Waals surface area contributed by atoms with Crippen LogP contribution in [-0.4, -0.2) is 22.5 Å². The predicted molar refractivity (Wildman–Crippen MR) is 86.4 cm³/mol. The van der Waals surface area contributed by atoms with E-state index >= 15 is 0 Å². The summed E-state index contributed by atoms with van der Waals surface area (Å²) < 4.78 is 6.01. The summed E-state index contributed by atoms with van der Waals surface area (Å²) in [7, 11) is 0. The number of aromatic nitrogens is 2. The minimum absolute atomic E-state index is 0.346. The van der Waals surface area contributed by atoms with Crippen molar-refractivity contribution in [3.8, 4) is 0 Å². The first-order valence-electron chi connectivity index (χ1n) is 6.48. The standard InChI is InChI=1S/C15H15BrN2O2S/c1-3-20-15(19)13-8-17-14(18-10(13)2)9-21-12-6-4-5-11(16)7-12/h4-8H,3,9H2,1-2H3. The number of carbonyl (C=O) groups excluding carboxylic acids is 1. The maximum Gasteiger partial charge on any atom is 0.341 e. The van der Waals surface area contributed by atoms with Gasteiger partial charge in [0.1, 0.15) is 5.82 Å². The van der Waals surface area contributed by atoms with Gasteiger partial charge in [0.05, 0.1) is 23.6 Å². The van der Waals surface area contributed by atoms with Gasteiger partial charge < -0.3 is 4.74 Å². The van der Waals surface area contributed by atoms with Gasteiger partial charge in [0.15, 0.2) is 0 Å². The molecule has 0 saturated carbocycles. The Morgan fingerprint density at radius 1 is 1.43 bits per heavy atom. The third kappa shape index (κ3) is 4.54. The number of hydrogen-bond donors (Lipinski definition) is 0. The number of halogens is 1. The van der Waals surface area contributed by atoms with Crippen molar-refractivity contribution in [2.45, 2.75) is 24.5 Å². The lowest BCUT2D eigenvalue weighted by molar-refractivity contribution is 0.0524. The molecule has 1 heterocycles. The Morgan fingerprint density at radius 2 is 2.24 bits per heavy atom. The highest BCUT2D eigenvalue weighted by atomic mass is 79.9. The molecule has 2 aromatic rings. The van der Waals surface area contributed by atoms with Crippen molar-refractivity contribution in [2.75, 3.05) is 6.61 Å². The second-order valence-corrected chi connectivity index (χ2v) is 6.22. The molecule has 0 aliphatic heterocycles. The second kappa shape index (κ2) is 7.56. The number of ether oxygens (including phenoxy) is 1. The minimum atomic E-state index is -0.374. The van der Waals surface area contributed by atoms with Crippen LogP contribution in [0.15, 0.2) is 39.8 Å². The van der Waals surface area contributed by atoms with Gasteiger partial charge in [0.2, 0.25) is 0 Å². The zero-order chi connectivity index (χ0) is 15.2. The van der Waals surface area contributed by atoms with E-state index in [2.05, 4.69) is 25.9 Å². The maximum absolute atomic E-state index is 11.7. The molecule has 110 valence electrons. The average Bonchev–Trinajstić information content (AvgIpc) is 2.45. The number of thioether (sulfide) groups is 1. The van der Waals surface area contributed by atoms with E-state index in [0.29, 0.717) is 29.4 Å². The van der Waals surface area contributed by atoms with Crippen LogP contribution < -0.4 is 0 Å². The van der Waals surface area contributed by atoms with E-state index in [1.54, 1.807) is 25.6 Å². The molecular formula is C15H15BrN2O2S. The smallest absolute Gasteiger partial charge is 0.341 e. The number of esters is 1. The summed E-state index contributed by atoms with van der Waals surface area (Å²) in [6.07, 6.45) is 1.54. The molecular weight excluding hydrogens is 352 g/mol. The molecule has 0 spiro atoms. The Morgan fingerprint density at radius 3 is 2.90 bits per heavy atom. The number of aryl methyl sites for hydroxylation is 1. The van der Waals surface area contributed by atoms with E-state index in [1.165, 1.54) is 6.20 Å². The fourth-order valence-corrected chi connectivity index (χ4v) is 3.07. The van der Waals surface area contributed by atoms with Crippen molar-refractivity contribution >= 4 is 33.7 Å². The Bertz CT molecular complexity index is 649. The zero-order valence-electron chi connectivity index (χ0n) is 11.8. The summed E-state index contributed by atoms with van der Waals surface area (Å²) in [6.45, 7) is 3.91. The van der Waals surface area contributed by atoms with Gasteiger partial charge in [-0.1, -0.05) is 22.0 Å². The Kier molecular flexibility index (Phi) is 5.76. The molecule has 2 rings (SSSR count). The molecule has 0 atom stereocenters. The Labute approximate surface area is 136 Å². The summed E-state index contributed by atoms with van der Waals surface area (Å²) in [5.74, 6) is 0.979. The number of rotatable bonds is 5. The highest BCUT2D eigenvalue weighted by Crippen LogP contribution is 2.24. The van der Waals surface area contributed by atoms with Crippen LogP contribution in [0.25, 0.3) is 0 Å². The highest BCUT2D eigenvalue weighted by Gasteiger charge is 2.12. The van der Waals surface area contributed by atoms with Gasteiger partial charge in [-0.2, -0.15) is 0 Å². The maximum atomic E-state index is 11.7. The highest BCUT2D eigenvalue weighted by molar-refractivity contribution is 9.10. The van der Waals surface area contributed by atoms with Gasteiger partial charge in [0.25, 0.3) is 0 Å². The van der Waals surface area contributed by atoms with Crippen LogP contribution in [-0.2, 0) is 10.5 Å². The second-order valence-electron chi connectivity index (χ2n) is 4.25. The quantitative estimate of drug-likeness (QED) is 0.590. The van der Waals surface area contributed by atoms with Crippen molar-refractivity contribution in [2.24, 2.45) is 0 Å². The third-order valence-corrected chi connectivity index (χ3v) is 4.17. The molecule has 0 amide bonds. The molecule has 6 heteroatoms. The first-order chi connectivity index (χ1) is 10.1. The summed E-state index contributed by atoms with van der Waals surface area (Å²) in [4.78, 5) is 21.4. The largest absolute Gasteiger partial charge is 0.462 e. The molecule has 0 fully saturated rings. The Hall–Kier alpha value is -1.40. The first kappa shape index (κ1) is 16.0. The van der Waals surface area contributed by atoms with Crippen LogP contribution in [0.1, 0.15) is 28.8 Å². The number of carbonyl (C=O) groups is 1. The fourth-order valence-electron chi connectivity index (χ4n) is 1.70.